The summed E-state index contributed by atoms with van der Waals surface area (Å²) in [5.41, 5.74) is 0. The van der Waals surface area contributed by atoms with Gasteiger partial charge in [0.1, 0.15) is 5.78 Å². The van der Waals surface area contributed by atoms with Gasteiger partial charge in [0.25, 0.3) is 0 Å². The first-order chi connectivity index (χ1) is 5.31. The molecule has 3 atom stereocenters. The van der Waals surface area contributed by atoms with Crippen LogP contribution in [0.4, 0.5) is 0 Å². The van der Waals surface area contributed by atoms with Gasteiger partial charge in [0.15, 0.2) is 0 Å². The first-order valence-electron chi connectivity index (χ1n) is 4.53. The molecule has 1 nitrogen and oxygen atoms in total. The average molecular weight is 150 g/mol. The Labute approximate surface area is 67.5 Å². The minimum absolute atomic E-state index is 0.290. The maximum atomic E-state index is 11.6. The molecule has 0 N–H and O–H groups in total. The summed E-state index contributed by atoms with van der Waals surface area (Å²) >= 11 is 0. The third kappa shape index (κ3) is 1.03. The number of ketones is 1. The molecule has 0 spiro atoms. The molecule has 1 fully saturated rings. The summed E-state index contributed by atoms with van der Waals surface area (Å²) in [7, 11) is 0. The molecule has 0 radical (unpaired) electrons. The second kappa shape index (κ2) is 2.47. The van der Waals surface area contributed by atoms with Gasteiger partial charge in [-0.1, -0.05) is 19.1 Å². The van der Waals surface area contributed by atoms with E-state index in [1.165, 1.54) is 0 Å². The number of hydrogen-bond donors (Lipinski definition) is 0. The summed E-state index contributed by atoms with van der Waals surface area (Å²) in [6.45, 7) is 2.12. The van der Waals surface area contributed by atoms with E-state index in [1.54, 1.807) is 0 Å². The number of fused-ring (bicyclic) bond motifs is 2. The number of carbonyl (C=O) groups is 1. The minimum Gasteiger partial charge on any atom is -0.299 e. The van der Waals surface area contributed by atoms with Crippen molar-refractivity contribution in [3.8, 4) is 0 Å². The van der Waals surface area contributed by atoms with E-state index in [2.05, 4.69) is 19.1 Å². The molecular weight excluding hydrogens is 136 g/mol. The highest BCUT2D eigenvalue weighted by atomic mass is 16.1. The van der Waals surface area contributed by atoms with Crippen molar-refractivity contribution < 1.29 is 4.79 Å². The molecular formula is C10H14O. The minimum atomic E-state index is 0.290. The zero-order valence-corrected chi connectivity index (χ0v) is 6.92. The lowest BCUT2D eigenvalue weighted by Gasteiger charge is -2.25. The summed E-state index contributed by atoms with van der Waals surface area (Å²) in [4.78, 5) is 11.6. The van der Waals surface area contributed by atoms with E-state index in [0.29, 0.717) is 17.6 Å². The van der Waals surface area contributed by atoms with E-state index >= 15 is 0 Å². The SMILES string of the molecule is CC[C@H]1C[C@H]2C=C[C@H](C2)C1=O. The van der Waals surface area contributed by atoms with E-state index in [-0.39, 0.29) is 0 Å². The number of hydrogen-bond acceptors (Lipinski definition) is 1. The summed E-state index contributed by atoms with van der Waals surface area (Å²) in [6, 6.07) is 0. The molecule has 0 heterocycles. The Hall–Kier alpha value is -0.590. The van der Waals surface area contributed by atoms with Crippen molar-refractivity contribution in [2.45, 2.75) is 26.2 Å². The van der Waals surface area contributed by atoms with Crippen LogP contribution in [0.3, 0.4) is 0 Å². The highest BCUT2D eigenvalue weighted by molar-refractivity contribution is 5.86. The molecule has 1 saturated carbocycles. The fourth-order valence-corrected chi connectivity index (χ4v) is 2.31. The van der Waals surface area contributed by atoms with Gasteiger partial charge >= 0.3 is 0 Å². The van der Waals surface area contributed by atoms with Crippen molar-refractivity contribution in [1.82, 2.24) is 0 Å². The molecule has 1 heteroatoms. The van der Waals surface area contributed by atoms with Crippen LogP contribution < -0.4 is 0 Å². The van der Waals surface area contributed by atoms with Gasteiger partial charge in [-0.2, -0.15) is 0 Å². The van der Waals surface area contributed by atoms with Gasteiger partial charge in [0, 0.05) is 11.8 Å². The Morgan fingerprint density at radius 1 is 1.45 bits per heavy atom. The Bertz CT molecular complexity index is 205. The lowest BCUT2D eigenvalue weighted by atomic mass is 9.78. The maximum Gasteiger partial charge on any atom is 0.142 e. The van der Waals surface area contributed by atoms with Crippen molar-refractivity contribution in [2.75, 3.05) is 0 Å². The highest BCUT2D eigenvalue weighted by Crippen LogP contribution is 2.38. The van der Waals surface area contributed by atoms with Crippen molar-refractivity contribution in [2.24, 2.45) is 17.8 Å². The number of Topliss-reactive ketones (excluding diaryl/α,β-unsaturated/α-hetero) is 1. The number of rotatable bonds is 1. The highest BCUT2D eigenvalue weighted by Gasteiger charge is 2.36. The maximum absolute atomic E-state index is 11.6. The van der Waals surface area contributed by atoms with Crippen LogP contribution >= 0.6 is 0 Å². The van der Waals surface area contributed by atoms with Crippen molar-refractivity contribution in [3.05, 3.63) is 12.2 Å². The molecule has 0 amide bonds. The van der Waals surface area contributed by atoms with Crippen LogP contribution in [0, 0.1) is 17.8 Å². The van der Waals surface area contributed by atoms with E-state index in [1.807, 2.05) is 0 Å². The average Bonchev–Trinajstić information content (AvgIpc) is 2.42. The molecule has 2 aliphatic carbocycles. The van der Waals surface area contributed by atoms with Gasteiger partial charge in [0.2, 0.25) is 0 Å². The van der Waals surface area contributed by atoms with Gasteiger partial charge in [-0.3, -0.25) is 4.79 Å². The fourth-order valence-electron chi connectivity index (χ4n) is 2.31. The van der Waals surface area contributed by atoms with E-state index in [4.69, 9.17) is 0 Å². The molecule has 2 aliphatic rings. The zero-order chi connectivity index (χ0) is 7.84. The van der Waals surface area contributed by atoms with Crippen molar-refractivity contribution in [1.29, 1.82) is 0 Å². The molecule has 2 rings (SSSR count). The second-order valence-corrected chi connectivity index (χ2v) is 3.73. The normalized spacial score (nSPS) is 41.5. The third-order valence-electron chi connectivity index (χ3n) is 3.02. The third-order valence-corrected chi connectivity index (χ3v) is 3.02. The van der Waals surface area contributed by atoms with Gasteiger partial charge in [-0.25, -0.2) is 0 Å². The summed E-state index contributed by atoms with van der Waals surface area (Å²) in [5.74, 6) is 1.88. The quantitative estimate of drug-likeness (QED) is 0.523. The van der Waals surface area contributed by atoms with E-state index in [9.17, 15) is 4.79 Å². The molecule has 11 heavy (non-hydrogen) atoms. The Balaban J connectivity index is 2.17. The van der Waals surface area contributed by atoms with Gasteiger partial charge in [-0.05, 0) is 25.2 Å². The van der Waals surface area contributed by atoms with Crippen LogP contribution in [0.25, 0.3) is 0 Å². The van der Waals surface area contributed by atoms with E-state index < -0.39 is 0 Å². The topological polar surface area (TPSA) is 17.1 Å². The predicted molar refractivity (Wildman–Crippen MR) is 44.1 cm³/mol. The molecule has 60 valence electrons. The monoisotopic (exact) mass is 150 g/mol. The standard InChI is InChI=1S/C10H14O/c1-2-8-5-7-3-4-9(6-7)10(8)11/h3-4,7-9H,2,5-6H2,1H3/t7-,8+,9-/m1/s1. The largest absolute Gasteiger partial charge is 0.299 e. The lowest BCUT2D eigenvalue weighted by molar-refractivity contribution is -0.127. The fraction of sp³-hybridized carbons (Fsp3) is 0.700. The second-order valence-electron chi connectivity index (χ2n) is 3.73. The Morgan fingerprint density at radius 2 is 2.27 bits per heavy atom. The molecule has 2 bridgehead atoms. The molecule has 0 saturated heterocycles. The smallest absolute Gasteiger partial charge is 0.142 e. The van der Waals surface area contributed by atoms with Crippen LogP contribution in [0.1, 0.15) is 26.2 Å². The first kappa shape index (κ1) is 7.08. The van der Waals surface area contributed by atoms with Crippen LogP contribution in [-0.2, 0) is 4.79 Å². The molecule has 0 aromatic rings. The summed E-state index contributed by atoms with van der Waals surface area (Å²) in [6.07, 6.45) is 7.60. The lowest BCUT2D eigenvalue weighted by Crippen LogP contribution is -2.27. The van der Waals surface area contributed by atoms with E-state index in [0.717, 1.165) is 25.2 Å². The molecule has 0 aromatic carbocycles. The number of carbonyl (C=O) groups excluding carboxylic acids is 1. The van der Waals surface area contributed by atoms with Crippen molar-refractivity contribution >= 4 is 5.78 Å². The van der Waals surface area contributed by atoms with Crippen LogP contribution in [0.5, 0.6) is 0 Å². The first-order valence-corrected chi connectivity index (χ1v) is 4.53. The van der Waals surface area contributed by atoms with Crippen LogP contribution in [0.2, 0.25) is 0 Å². The van der Waals surface area contributed by atoms with Crippen molar-refractivity contribution in [3.63, 3.8) is 0 Å². The molecule has 0 unspecified atom stereocenters. The molecule has 0 aliphatic heterocycles. The Morgan fingerprint density at radius 3 is 3.00 bits per heavy atom. The number of allylic oxidation sites excluding steroid dienone is 2. The Kier molecular flexibility index (Phi) is 1.59. The summed E-state index contributed by atoms with van der Waals surface area (Å²) in [5, 5.41) is 0. The van der Waals surface area contributed by atoms with Gasteiger partial charge in [0.05, 0.1) is 0 Å². The van der Waals surface area contributed by atoms with Gasteiger partial charge < -0.3 is 0 Å². The molecule has 0 aromatic heterocycles. The zero-order valence-electron chi connectivity index (χ0n) is 6.92. The van der Waals surface area contributed by atoms with Crippen LogP contribution in [0.15, 0.2) is 12.2 Å². The predicted octanol–water partition coefficient (Wildman–Crippen LogP) is 2.18. The summed E-state index contributed by atoms with van der Waals surface area (Å²) < 4.78 is 0. The van der Waals surface area contributed by atoms with Gasteiger partial charge in [-0.15, -0.1) is 0 Å². The van der Waals surface area contributed by atoms with Crippen LogP contribution in [-0.4, -0.2) is 5.78 Å².